The van der Waals surface area contributed by atoms with Gasteiger partial charge in [-0.15, -0.1) is 0 Å². The minimum absolute atomic E-state index is 0.0309. The van der Waals surface area contributed by atoms with Gasteiger partial charge in [0.1, 0.15) is 11.8 Å². The number of nitrogens with zero attached hydrogens (tertiary/aromatic N) is 3. The smallest absolute Gasteiger partial charge is 0.260 e. The Kier molecular flexibility index (Phi) is 5.76. The highest BCUT2D eigenvalue weighted by Crippen LogP contribution is 2.34. The first kappa shape index (κ1) is 20.1. The molecule has 7 heteroatoms. The Morgan fingerprint density at radius 3 is 2.48 bits per heavy atom. The average Bonchev–Trinajstić information content (AvgIpc) is 3.36. The predicted octanol–water partition coefficient (Wildman–Crippen LogP) is 4.11. The monoisotopic (exact) mass is 415 g/mol. The number of benzene rings is 1. The molecule has 1 aromatic carbocycles. The molecule has 0 aliphatic carbocycles. The summed E-state index contributed by atoms with van der Waals surface area (Å²) < 4.78 is 11.5. The van der Waals surface area contributed by atoms with Gasteiger partial charge in [0.2, 0.25) is 0 Å². The zero-order chi connectivity index (χ0) is 20.5. The summed E-state index contributed by atoms with van der Waals surface area (Å²) in [6.07, 6.45) is 2.43. The Bertz CT molecular complexity index is 871. The maximum Gasteiger partial charge on any atom is 0.260 e. The van der Waals surface area contributed by atoms with Crippen LogP contribution >= 0.6 is 11.6 Å². The molecule has 154 valence electrons. The Morgan fingerprint density at radius 2 is 1.86 bits per heavy atom. The van der Waals surface area contributed by atoms with Crippen LogP contribution in [-0.2, 0) is 9.53 Å². The summed E-state index contributed by atoms with van der Waals surface area (Å²) >= 11 is 6.02. The molecule has 0 bridgehead atoms. The number of rotatable bonds is 4. The van der Waals surface area contributed by atoms with Crippen molar-refractivity contribution in [2.24, 2.45) is 5.10 Å². The molecule has 0 unspecified atom stereocenters. The fourth-order valence-electron chi connectivity index (χ4n) is 4.11. The van der Waals surface area contributed by atoms with E-state index in [4.69, 9.17) is 25.9 Å². The normalized spacial score (nSPS) is 26.4. The van der Waals surface area contributed by atoms with E-state index in [1.807, 2.05) is 57.2 Å². The maximum absolute atomic E-state index is 13.5. The Balaban J connectivity index is 1.60. The van der Waals surface area contributed by atoms with Crippen molar-refractivity contribution in [3.05, 3.63) is 59.0 Å². The molecule has 0 radical (unpaired) electrons. The lowest BCUT2D eigenvalue weighted by Gasteiger charge is -2.39. The van der Waals surface area contributed by atoms with E-state index in [0.717, 1.165) is 30.1 Å². The highest BCUT2D eigenvalue weighted by molar-refractivity contribution is 6.30. The van der Waals surface area contributed by atoms with E-state index in [9.17, 15) is 4.79 Å². The number of carbonyl (C=O) groups excluding carboxylic acids is 1. The molecule has 6 nitrogen and oxygen atoms in total. The van der Waals surface area contributed by atoms with E-state index < -0.39 is 0 Å². The molecular weight excluding hydrogens is 390 g/mol. The van der Waals surface area contributed by atoms with Crippen LogP contribution < -0.4 is 0 Å². The quantitative estimate of drug-likeness (QED) is 0.754. The first-order valence-corrected chi connectivity index (χ1v) is 10.4. The lowest BCUT2D eigenvalue weighted by molar-refractivity contribution is -0.144. The second-order valence-corrected chi connectivity index (χ2v) is 8.30. The Morgan fingerprint density at radius 1 is 1.17 bits per heavy atom. The zero-order valence-electron chi connectivity index (χ0n) is 16.9. The summed E-state index contributed by atoms with van der Waals surface area (Å²) in [6.45, 7) is 7.48. The fraction of sp³-hybridized carbons (Fsp3) is 0.455. The lowest BCUT2D eigenvalue weighted by atomic mass is 10.0. The van der Waals surface area contributed by atoms with Crippen LogP contribution in [0.3, 0.4) is 0 Å². The van der Waals surface area contributed by atoms with Crippen molar-refractivity contribution in [1.29, 1.82) is 0 Å². The molecule has 2 aliphatic rings. The number of hydrazone groups is 1. The van der Waals surface area contributed by atoms with Crippen LogP contribution in [-0.4, -0.2) is 52.9 Å². The number of furan rings is 1. The standard InChI is InChI=1S/C22H26ClN3O3/c1-14-12-25(13-15(2)29-14)16(3)22(27)26-20(21-5-4-10-28-21)11-19(24-26)17-6-8-18(23)9-7-17/h4-10,14-16,20H,11-13H2,1-3H3/t14-,15+,16-,20+/m1/s1. The van der Waals surface area contributed by atoms with Gasteiger partial charge in [-0.1, -0.05) is 23.7 Å². The van der Waals surface area contributed by atoms with Crippen molar-refractivity contribution in [3.63, 3.8) is 0 Å². The summed E-state index contributed by atoms with van der Waals surface area (Å²) in [7, 11) is 0. The van der Waals surface area contributed by atoms with Crippen LogP contribution in [0.5, 0.6) is 0 Å². The molecule has 2 aromatic rings. The van der Waals surface area contributed by atoms with Gasteiger partial charge in [0.15, 0.2) is 0 Å². The topological polar surface area (TPSA) is 58.3 Å². The van der Waals surface area contributed by atoms with E-state index in [1.165, 1.54) is 0 Å². The highest BCUT2D eigenvalue weighted by Gasteiger charge is 2.39. The van der Waals surface area contributed by atoms with Gasteiger partial charge in [0.05, 0.1) is 30.2 Å². The van der Waals surface area contributed by atoms with Gasteiger partial charge in [-0.25, -0.2) is 5.01 Å². The third kappa shape index (κ3) is 4.25. The SMILES string of the molecule is C[C@@H]1CN([C@H](C)C(=O)N2N=C(c3ccc(Cl)cc3)C[C@H]2c2ccco2)C[C@H](C)O1. The first-order valence-electron chi connectivity index (χ1n) is 10.0. The van der Waals surface area contributed by atoms with E-state index in [2.05, 4.69) is 4.90 Å². The second-order valence-electron chi connectivity index (χ2n) is 7.86. The van der Waals surface area contributed by atoms with Gasteiger partial charge in [-0.2, -0.15) is 5.10 Å². The summed E-state index contributed by atoms with van der Waals surface area (Å²) in [5.41, 5.74) is 1.81. The molecule has 0 spiro atoms. The van der Waals surface area contributed by atoms with Crippen molar-refractivity contribution in [3.8, 4) is 0 Å². The predicted molar refractivity (Wildman–Crippen MR) is 112 cm³/mol. The van der Waals surface area contributed by atoms with Crippen LogP contribution in [0.25, 0.3) is 0 Å². The molecule has 0 N–H and O–H groups in total. The zero-order valence-corrected chi connectivity index (χ0v) is 17.7. The lowest BCUT2D eigenvalue weighted by Crippen LogP contribution is -2.54. The van der Waals surface area contributed by atoms with E-state index in [1.54, 1.807) is 11.3 Å². The molecule has 4 atom stereocenters. The van der Waals surface area contributed by atoms with Crippen LogP contribution in [0.15, 0.2) is 52.2 Å². The molecular formula is C22H26ClN3O3. The van der Waals surface area contributed by atoms with Gasteiger partial charge >= 0.3 is 0 Å². The van der Waals surface area contributed by atoms with E-state index in [0.29, 0.717) is 11.4 Å². The third-order valence-electron chi connectivity index (χ3n) is 5.54. The van der Waals surface area contributed by atoms with Crippen molar-refractivity contribution in [1.82, 2.24) is 9.91 Å². The fourth-order valence-corrected chi connectivity index (χ4v) is 4.24. The number of ether oxygens (including phenoxy) is 1. The summed E-state index contributed by atoms with van der Waals surface area (Å²) in [5, 5.41) is 6.99. The first-order chi connectivity index (χ1) is 13.9. The molecule has 1 fully saturated rings. The van der Waals surface area contributed by atoms with Gasteiger partial charge in [-0.3, -0.25) is 9.69 Å². The van der Waals surface area contributed by atoms with Crippen LogP contribution in [0.2, 0.25) is 5.02 Å². The Hall–Kier alpha value is -2.15. The van der Waals surface area contributed by atoms with Crippen molar-refractivity contribution in [2.45, 2.75) is 51.5 Å². The molecule has 4 rings (SSSR count). The van der Waals surface area contributed by atoms with Gasteiger partial charge in [-0.05, 0) is 50.6 Å². The second kappa shape index (κ2) is 8.30. The molecule has 2 aliphatic heterocycles. The minimum Gasteiger partial charge on any atom is -0.467 e. The number of morpholine rings is 1. The molecule has 1 aromatic heterocycles. The maximum atomic E-state index is 13.5. The third-order valence-corrected chi connectivity index (χ3v) is 5.79. The number of halogens is 1. The number of carbonyl (C=O) groups is 1. The van der Waals surface area contributed by atoms with Crippen molar-refractivity contribution in [2.75, 3.05) is 13.1 Å². The number of hydrogen-bond donors (Lipinski definition) is 0. The van der Waals surface area contributed by atoms with Crippen LogP contribution in [0.4, 0.5) is 0 Å². The van der Waals surface area contributed by atoms with Crippen LogP contribution in [0.1, 0.15) is 44.6 Å². The number of amides is 1. The van der Waals surface area contributed by atoms with Gasteiger partial charge in [0.25, 0.3) is 5.91 Å². The minimum atomic E-state index is -0.297. The van der Waals surface area contributed by atoms with Crippen molar-refractivity contribution < 1.29 is 13.9 Å². The van der Waals surface area contributed by atoms with E-state index >= 15 is 0 Å². The van der Waals surface area contributed by atoms with Gasteiger partial charge < -0.3 is 9.15 Å². The van der Waals surface area contributed by atoms with Gasteiger partial charge in [0, 0.05) is 24.5 Å². The van der Waals surface area contributed by atoms with E-state index in [-0.39, 0.29) is 30.2 Å². The average molecular weight is 416 g/mol. The molecule has 1 amide bonds. The molecule has 1 saturated heterocycles. The molecule has 3 heterocycles. The largest absolute Gasteiger partial charge is 0.467 e. The molecule has 0 saturated carbocycles. The highest BCUT2D eigenvalue weighted by atomic mass is 35.5. The summed E-state index contributed by atoms with van der Waals surface area (Å²) in [6, 6.07) is 10.7. The van der Waals surface area contributed by atoms with Crippen LogP contribution in [0, 0.1) is 0 Å². The Labute approximate surface area is 176 Å². The number of hydrogen-bond acceptors (Lipinski definition) is 5. The van der Waals surface area contributed by atoms with Crippen molar-refractivity contribution >= 4 is 23.2 Å². The summed E-state index contributed by atoms with van der Waals surface area (Å²) in [4.78, 5) is 15.6. The summed E-state index contributed by atoms with van der Waals surface area (Å²) in [5.74, 6) is 0.707. The molecule has 29 heavy (non-hydrogen) atoms.